The van der Waals surface area contributed by atoms with Gasteiger partial charge in [0.1, 0.15) is 17.7 Å². The van der Waals surface area contributed by atoms with Gasteiger partial charge < -0.3 is 24.8 Å². The smallest absolute Gasteiger partial charge is 0.260 e. The number of methoxy groups -OCH3 is 1. The number of hydrogen-bond donors (Lipinski definition) is 2. The number of piperidine rings is 1. The lowest BCUT2D eigenvalue weighted by molar-refractivity contribution is -0.125. The Kier molecular flexibility index (Phi) is 8.87. The zero-order chi connectivity index (χ0) is 30.7. The number of hydrogen-bond acceptors (Lipinski definition) is 8. The first-order chi connectivity index (χ1) is 20.5. The molecule has 2 aliphatic rings. The summed E-state index contributed by atoms with van der Waals surface area (Å²) in [5.74, 6) is -0.343. The molecule has 230 valence electrons. The summed E-state index contributed by atoms with van der Waals surface area (Å²) >= 11 is 0. The largest absolute Gasteiger partial charge is 0.493 e. The molecule has 0 saturated carbocycles. The average Bonchev–Trinajstić information content (AvgIpc) is 3.32. The number of halogens is 1. The SMILES string of the molecule is COc1ccc2cc1OCC(=O)N[C@@H]1CN(S(=O)(=O)c3cc(C)nn3C)CC[C@H]1Oc1cc(F)cc(c1)CNC(=O)CC2. The first kappa shape index (κ1) is 30.3. The van der Waals surface area contributed by atoms with E-state index in [0.717, 1.165) is 5.56 Å². The van der Waals surface area contributed by atoms with Crippen LogP contribution in [0.4, 0.5) is 4.39 Å². The molecule has 14 heteroatoms. The topological polar surface area (TPSA) is 141 Å². The molecule has 0 spiro atoms. The van der Waals surface area contributed by atoms with E-state index in [1.165, 1.54) is 34.3 Å². The molecule has 2 amide bonds. The van der Waals surface area contributed by atoms with E-state index in [2.05, 4.69) is 15.7 Å². The van der Waals surface area contributed by atoms with Crippen LogP contribution in [0.2, 0.25) is 0 Å². The second-order valence-electron chi connectivity index (χ2n) is 10.6. The van der Waals surface area contributed by atoms with Crippen LogP contribution in [-0.2, 0) is 39.6 Å². The van der Waals surface area contributed by atoms with Crippen LogP contribution >= 0.6 is 0 Å². The highest BCUT2D eigenvalue weighted by atomic mass is 32.2. The molecule has 3 heterocycles. The highest BCUT2D eigenvalue weighted by Crippen LogP contribution is 2.29. The molecule has 5 rings (SSSR count). The van der Waals surface area contributed by atoms with Crippen LogP contribution in [0.25, 0.3) is 0 Å². The van der Waals surface area contributed by atoms with Crippen LogP contribution in [0, 0.1) is 12.7 Å². The first-order valence-electron chi connectivity index (χ1n) is 13.8. The van der Waals surface area contributed by atoms with Gasteiger partial charge in [0, 0.05) is 45.6 Å². The highest BCUT2D eigenvalue weighted by molar-refractivity contribution is 7.89. The van der Waals surface area contributed by atoms with Gasteiger partial charge in [-0.05, 0) is 54.8 Å². The number of aryl methyl sites for hydroxylation is 3. The molecule has 2 aliphatic heterocycles. The molecule has 0 radical (unpaired) electrons. The number of nitrogens with one attached hydrogen (secondary N) is 2. The number of aromatic nitrogens is 2. The van der Waals surface area contributed by atoms with Gasteiger partial charge in [-0.2, -0.15) is 9.40 Å². The predicted octanol–water partition coefficient (Wildman–Crippen LogP) is 1.84. The third-order valence-corrected chi connectivity index (χ3v) is 9.28. The van der Waals surface area contributed by atoms with Crippen molar-refractivity contribution in [2.75, 3.05) is 26.8 Å². The Balaban J connectivity index is 1.45. The summed E-state index contributed by atoms with van der Waals surface area (Å²) in [5, 5.41) is 9.86. The van der Waals surface area contributed by atoms with Gasteiger partial charge in [0.15, 0.2) is 23.1 Å². The second kappa shape index (κ2) is 12.6. The number of carbonyl (C=O) groups is 2. The fraction of sp³-hybridized carbons (Fsp3) is 0.414. The van der Waals surface area contributed by atoms with E-state index in [1.807, 2.05) is 0 Å². The van der Waals surface area contributed by atoms with E-state index in [1.54, 1.807) is 38.2 Å². The molecule has 0 aliphatic carbocycles. The number of sulfonamides is 1. The van der Waals surface area contributed by atoms with Gasteiger partial charge in [0.2, 0.25) is 5.91 Å². The molecule has 2 atom stereocenters. The van der Waals surface area contributed by atoms with Gasteiger partial charge >= 0.3 is 0 Å². The molecule has 43 heavy (non-hydrogen) atoms. The van der Waals surface area contributed by atoms with Crippen molar-refractivity contribution in [1.29, 1.82) is 0 Å². The number of rotatable bonds is 3. The number of ether oxygens (including phenoxy) is 3. The lowest BCUT2D eigenvalue weighted by Gasteiger charge is -2.38. The molecule has 4 bridgehead atoms. The van der Waals surface area contributed by atoms with Crippen LogP contribution in [0.15, 0.2) is 47.5 Å². The molecule has 2 aromatic carbocycles. The number of benzene rings is 2. The summed E-state index contributed by atoms with van der Waals surface area (Å²) in [4.78, 5) is 25.7. The van der Waals surface area contributed by atoms with Crippen molar-refractivity contribution in [3.8, 4) is 17.2 Å². The summed E-state index contributed by atoms with van der Waals surface area (Å²) in [6.45, 7) is 1.41. The van der Waals surface area contributed by atoms with E-state index in [-0.39, 0.29) is 55.8 Å². The minimum Gasteiger partial charge on any atom is -0.493 e. The Bertz CT molecular complexity index is 1630. The summed E-state index contributed by atoms with van der Waals surface area (Å²) in [6.07, 6.45) is 0.108. The zero-order valence-electron chi connectivity index (χ0n) is 24.1. The number of carbonyl (C=O) groups excluding carboxylic acids is 2. The average molecular weight is 616 g/mol. The maximum Gasteiger partial charge on any atom is 0.260 e. The quantitative estimate of drug-likeness (QED) is 0.455. The molecule has 1 fully saturated rings. The zero-order valence-corrected chi connectivity index (χ0v) is 24.9. The van der Waals surface area contributed by atoms with Crippen molar-refractivity contribution in [2.45, 2.75) is 49.9 Å². The van der Waals surface area contributed by atoms with Gasteiger partial charge in [-0.25, -0.2) is 12.8 Å². The number of fused-ring (bicyclic) bond motifs is 5. The van der Waals surface area contributed by atoms with Gasteiger partial charge in [0.25, 0.3) is 15.9 Å². The van der Waals surface area contributed by atoms with E-state index in [4.69, 9.17) is 14.2 Å². The van der Waals surface area contributed by atoms with Crippen LogP contribution in [-0.4, -0.2) is 73.3 Å². The van der Waals surface area contributed by atoms with Crippen molar-refractivity contribution in [2.24, 2.45) is 7.05 Å². The Labute approximate surface area is 249 Å². The molecular formula is C29H34FN5O7S. The van der Waals surface area contributed by atoms with E-state index in [9.17, 15) is 22.4 Å². The maximum absolute atomic E-state index is 14.6. The van der Waals surface area contributed by atoms with Gasteiger partial charge in [-0.3, -0.25) is 14.3 Å². The van der Waals surface area contributed by atoms with Gasteiger partial charge in [-0.1, -0.05) is 6.07 Å². The lowest BCUT2D eigenvalue weighted by atomic mass is 10.0. The molecule has 12 nitrogen and oxygen atoms in total. The highest BCUT2D eigenvalue weighted by Gasteiger charge is 2.39. The molecule has 1 saturated heterocycles. The van der Waals surface area contributed by atoms with Crippen molar-refractivity contribution < 1.29 is 36.6 Å². The Morgan fingerprint density at radius 3 is 2.63 bits per heavy atom. The van der Waals surface area contributed by atoms with Crippen LogP contribution in [0.1, 0.15) is 29.7 Å². The van der Waals surface area contributed by atoms with Gasteiger partial charge in [-0.15, -0.1) is 0 Å². The fourth-order valence-electron chi connectivity index (χ4n) is 5.25. The Morgan fingerprint density at radius 2 is 1.88 bits per heavy atom. The standard InChI is InChI=1S/C29H34FN5O7S/c1-18-10-29(34(2)33-18)43(38,39)35-9-8-24-23(16-35)32-28(37)17-41-26-13-19(4-6-25(26)40-3)5-7-27(36)31-15-20-11-21(30)14-22(12-20)42-24/h4,6,10-14,23-24H,5,7-9,15-17H2,1-3H3,(H,31,36)(H,32,37)/t23-,24-/m1/s1. The van der Waals surface area contributed by atoms with Crippen LogP contribution in [0.3, 0.4) is 0 Å². The van der Waals surface area contributed by atoms with E-state index in [0.29, 0.717) is 29.2 Å². The summed E-state index contributed by atoms with van der Waals surface area (Å²) in [7, 11) is -0.915. The molecule has 1 aromatic heterocycles. The molecule has 0 unspecified atom stereocenters. The summed E-state index contributed by atoms with van der Waals surface area (Å²) in [5.41, 5.74) is 1.85. The minimum atomic E-state index is -3.95. The third-order valence-electron chi connectivity index (χ3n) is 7.36. The Hall–Kier alpha value is -4.17. The second-order valence-corrected chi connectivity index (χ2v) is 12.5. The monoisotopic (exact) mass is 615 g/mol. The van der Waals surface area contributed by atoms with Crippen molar-refractivity contribution in [1.82, 2.24) is 24.7 Å². The molecular weight excluding hydrogens is 581 g/mol. The minimum absolute atomic E-state index is 0.0306. The first-order valence-corrected chi connectivity index (χ1v) is 15.3. The predicted molar refractivity (Wildman–Crippen MR) is 153 cm³/mol. The van der Waals surface area contributed by atoms with Crippen molar-refractivity contribution >= 4 is 21.8 Å². The number of nitrogens with zero attached hydrogens (tertiary/aromatic N) is 3. The normalized spacial score (nSPS) is 20.4. The lowest BCUT2D eigenvalue weighted by Crippen LogP contribution is -2.58. The maximum atomic E-state index is 14.6. The summed E-state index contributed by atoms with van der Waals surface area (Å²) in [6, 6.07) is 10.0. The molecule has 3 aromatic rings. The molecule has 2 N–H and O–H groups in total. The summed E-state index contributed by atoms with van der Waals surface area (Å²) < 4.78 is 61.6. The van der Waals surface area contributed by atoms with Crippen molar-refractivity contribution in [3.63, 3.8) is 0 Å². The van der Waals surface area contributed by atoms with E-state index >= 15 is 0 Å². The van der Waals surface area contributed by atoms with Gasteiger partial charge in [0.05, 0.1) is 18.8 Å². The van der Waals surface area contributed by atoms with E-state index < -0.39 is 33.9 Å². The third kappa shape index (κ3) is 7.08. The van der Waals surface area contributed by atoms with Crippen LogP contribution in [0.5, 0.6) is 17.2 Å². The number of amides is 2. The Morgan fingerprint density at radius 1 is 1.07 bits per heavy atom. The fourth-order valence-corrected chi connectivity index (χ4v) is 6.91. The van der Waals surface area contributed by atoms with Crippen LogP contribution < -0.4 is 24.8 Å². The van der Waals surface area contributed by atoms with Crippen molar-refractivity contribution in [3.05, 3.63) is 65.1 Å².